The van der Waals surface area contributed by atoms with E-state index < -0.39 is 6.10 Å². The molecule has 2 heterocycles. The van der Waals surface area contributed by atoms with Crippen LogP contribution in [0.5, 0.6) is 5.75 Å². The number of ether oxygens (including phenoxy) is 1. The maximum absolute atomic E-state index is 12.7. The third-order valence-electron chi connectivity index (χ3n) is 4.41. The van der Waals surface area contributed by atoms with Crippen LogP contribution in [0.15, 0.2) is 60.7 Å². The topological polar surface area (TPSA) is 58.2 Å². The molecule has 1 N–H and O–H groups in total. The summed E-state index contributed by atoms with van der Waals surface area (Å²) < 4.78 is 5.79. The Kier molecular flexibility index (Phi) is 3.98. The number of benzene rings is 2. The molecule has 2 aromatic carbocycles. The van der Waals surface area contributed by atoms with Crippen molar-refractivity contribution in [3.05, 3.63) is 71.9 Å². The lowest BCUT2D eigenvalue weighted by molar-refractivity contribution is -0.137. The number of aromatic nitrogens is 2. The maximum Gasteiger partial charge on any atom is 0.264 e. The number of amides is 1. The molecule has 0 saturated carbocycles. The highest BCUT2D eigenvalue weighted by molar-refractivity contribution is 5.82. The number of nitrogens with zero attached hydrogens (tertiary/aromatic N) is 2. The first-order chi connectivity index (χ1) is 12.2. The van der Waals surface area contributed by atoms with Gasteiger partial charge in [-0.25, -0.2) is 0 Å². The summed E-state index contributed by atoms with van der Waals surface area (Å²) >= 11 is 0. The molecule has 1 unspecified atom stereocenters. The quantitative estimate of drug-likeness (QED) is 0.798. The second kappa shape index (κ2) is 6.43. The first-order valence-corrected chi connectivity index (χ1v) is 8.30. The lowest BCUT2D eigenvalue weighted by Crippen LogP contribution is -2.38. The van der Waals surface area contributed by atoms with Crippen LogP contribution >= 0.6 is 0 Å². The molecule has 0 aliphatic carbocycles. The van der Waals surface area contributed by atoms with Crippen LogP contribution in [-0.2, 0) is 17.8 Å². The normalized spacial score (nSPS) is 15.5. The largest absolute Gasteiger partial charge is 0.480 e. The average Bonchev–Trinajstić information content (AvgIpc) is 3.28. The zero-order valence-electron chi connectivity index (χ0n) is 14.0. The fraction of sp³-hybridized carbons (Fsp3) is 0.200. The fourth-order valence-electron chi connectivity index (χ4n) is 3.10. The Morgan fingerprint density at radius 3 is 2.76 bits per heavy atom. The van der Waals surface area contributed by atoms with Crippen LogP contribution in [0.1, 0.15) is 11.3 Å². The zero-order chi connectivity index (χ0) is 17.2. The molecule has 0 spiro atoms. The van der Waals surface area contributed by atoms with Gasteiger partial charge >= 0.3 is 0 Å². The third kappa shape index (κ3) is 3.13. The van der Waals surface area contributed by atoms with E-state index in [9.17, 15) is 4.79 Å². The van der Waals surface area contributed by atoms with Gasteiger partial charge in [-0.2, -0.15) is 5.10 Å². The highest BCUT2D eigenvalue weighted by Crippen LogP contribution is 2.29. The van der Waals surface area contributed by atoms with Gasteiger partial charge in [0, 0.05) is 19.0 Å². The molecule has 5 nitrogen and oxygen atoms in total. The number of fused-ring (bicyclic) bond motifs is 1. The van der Waals surface area contributed by atoms with Crippen molar-refractivity contribution in [2.45, 2.75) is 19.1 Å². The number of nitrogens with one attached hydrogen (secondary N) is 1. The van der Waals surface area contributed by atoms with Gasteiger partial charge in [-0.15, -0.1) is 0 Å². The zero-order valence-corrected chi connectivity index (χ0v) is 14.0. The predicted octanol–water partition coefficient (Wildman–Crippen LogP) is 3.04. The molecular formula is C20H19N3O2. The number of likely N-dealkylation sites (N-methyl/N-ethyl adjacent to an activating group) is 1. The lowest BCUT2D eigenvalue weighted by atomic mass is 10.1. The number of hydrogen-bond donors (Lipinski definition) is 1. The van der Waals surface area contributed by atoms with Crippen molar-refractivity contribution < 1.29 is 9.53 Å². The van der Waals surface area contributed by atoms with E-state index >= 15 is 0 Å². The Hall–Kier alpha value is -3.08. The SMILES string of the molecule is CN(Cc1cc(-c2ccccc2)n[nH]1)C(=O)C1Cc2ccccc2O1. The first-order valence-electron chi connectivity index (χ1n) is 8.30. The van der Waals surface area contributed by atoms with E-state index in [0.29, 0.717) is 13.0 Å². The number of rotatable bonds is 4. The number of hydrogen-bond acceptors (Lipinski definition) is 3. The van der Waals surface area contributed by atoms with E-state index in [1.54, 1.807) is 11.9 Å². The van der Waals surface area contributed by atoms with Crippen LogP contribution in [0.3, 0.4) is 0 Å². The number of aromatic amines is 1. The van der Waals surface area contributed by atoms with Crippen LogP contribution in [-0.4, -0.2) is 34.2 Å². The van der Waals surface area contributed by atoms with Crippen LogP contribution < -0.4 is 4.74 Å². The van der Waals surface area contributed by atoms with E-state index in [2.05, 4.69) is 10.2 Å². The summed E-state index contributed by atoms with van der Waals surface area (Å²) in [5, 5.41) is 7.35. The minimum Gasteiger partial charge on any atom is -0.480 e. The number of carbonyl (C=O) groups excluding carboxylic acids is 1. The number of carbonyl (C=O) groups is 1. The van der Waals surface area contributed by atoms with Gasteiger partial charge in [0.1, 0.15) is 5.75 Å². The number of para-hydroxylation sites is 1. The second-order valence-electron chi connectivity index (χ2n) is 6.26. The summed E-state index contributed by atoms with van der Waals surface area (Å²) in [4.78, 5) is 14.3. The lowest BCUT2D eigenvalue weighted by Gasteiger charge is -2.20. The summed E-state index contributed by atoms with van der Waals surface area (Å²) in [6.07, 6.45) is 0.177. The standard InChI is InChI=1S/C20H19N3O2/c1-23(20(24)19-11-15-9-5-6-10-18(15)25-19)13-16-12-17(22-21-16)14-7-3-2-4-8-14/h2-10,12,19H,11,13H2,1H3,(H,21,22). The van der Waals surface area contributed by atoms with Crippen LogP contribution in [0.4, 0.5) is 0 Å². The highest BCUT2D eigenvalue weighted by Gasteiger charge is 2.31. The van der Waals surface area contributed by atoms with Gasteiger partial charge in [0.05, 0.1) is 17.9 Å². The Balaban J connectivity index is 1.42. The highest BCUT2D eigenvalue weighted by atomic mass is 16.5. The van der Waals surface area contributed by atoms with Crippen molar-refractivity contribution >= 4 is 5.91 Å². The maximum atomic E-state index is 12.7. The summed E-state index contributed by atoms with van der Waals surface area (Å²) in [6, 6.07) is 19.7. The fourth-order valence-corrected chi connectivity index (χ4v) is 3.10. The van der Waals surface area contributed by atoms with Gasteiger partial charge in [0.2, 0.25) is 0 Å². The minimum atomic E-state index is -0.445. The van der Waals surface area contributed by atoms with Gasteiger partial charge in [0.15, 0.2) is 6.10 Å². The first kappa shape index (κ1) is 15.4. The predicted molar refractivity (Wildman–Crippen MR) is 95.1 cm³/mol. The summed E-state index contributed by atoms with van der Waals surface area (Å²) in [5.74, 6) is 0.786. The number of H-pyrrole nitrogens is 1. The van der Waals surface area contributed by atoms with Crippen molar-refractivity contribution in [3.8, 4) is 17.0 Å². The monoisotopic (exact) mass is 333 g/mol. The molecule has 3 aromatic rings. The van der Waals surface area contributed by atoms with E-state index in [4.69, 9.17) is 4.74 Å². The van der Waals surface area contributed by atoms with Gasteiger partial charge < -0.3 is 9.64 Å². The molecule has 0 fully saturated rings. The molecule has 1 amide bonds. The van der Waals surface area contributed by atoms with Crippen molar-refractivity contribution in [1.29, 1.82) is 0 Å². The Morgan fingerprint density at radius 1 is 1.20 bits per heavy atom. The average molecular weight is 333 g/mol. The molecule has 0 saturated heterocycles. The summed E-state index contributed by atoms with van der Waals surface area (Å²) in [6.45, 7) is 0.467. The molecule has 25 heavy (non-hydrogen) atoms. The van der Waals surface area contributed by atoms with Gasteiger partial charge in [-0.1, -0.05) is 48.5 Å². The summed E-state index contributed by atoms with van der Waals surface area (Å²) in [7, 11) is 1.79. The molecule has 0 bridgehead atoms. The van der Waals surface area contributed by atoms with Crippen LogP contribution in [0.2, 0.25) is 0 Å². The molecule has 1 aliphatic heterocycles. The van der Waals surface area contributed by atoms with Crippen molar-refractivity contribution in [1.82, 2.24) is 15.1 Å². The van der Waals surface area contributed by atoms with Gasteiger partial charge in [-0.3, -0.25) is 9.89 Å². The van der Waals surface area contributed by atoms with Gasteiger partial charge in [0.25, 0.3) is 5.91 Å². The van der Waals surface area contributed by atoms with Gasteiger partial charge in [-0.05, 0) is 17.7 Å². The van der Waals surface area contributed by atoms with E-state index in [1.807, 2.05) is 60.7 Å². The smallest absolute Gasteiger partial charge is 0.264 e. The van der Waals surface area contributed by atoms with Crippen LogP contribution in [0, 0.1) is 0 Å². The molecule has 5 heteroatoms. The Bertz CT molecular complexity index is 864. The molecule has 4 rings (SSSR count). The molecule has 0 radical (unpaired) electrons. The van der Waals surface area contributed by atoms with E-state index in [-0.39, 0.29) is 5.91 Å². The molecule has 1 aliphatic rings. The molecule has 1 aromatic heterocycles. The van der Waals surface area contributed by atoms with E-state index in [1.165, 1.54) is 0 Å². The van der Waals surface area contributed by atoms with Crippen molar-refractivity contribution in [3.63, 3.8) is 0 Å². The molecule has 126 valence electrons. The second-order valence-corrected chi connectivity index (χ2v) is 6.26. The van der Waals surface area contributed by atoms with Crippen molar-refractivity contribution in [2.24, 2.45) is 0 Å². The Morgan fingerprint density at radius 2 is 1.96 bits per heavy atom. The molecular weight excluding hydrogens is 314 g/mol. The third-order valence-corrected chi connectivity index (χ3v) is 4.41. The summed E-state index contributed by atoms with van der Waals surface area (Å²) in [5.41, 5.74) is 3.90. The minimum absolute atomic E-state index is 0.0212. The Labute approximate surface area is 146 Å². The van der Waals surface area contributed by atoms with E-state index in [0.717, 1.165) is 28.3 Å². The van der Waals surface area contributed by atoms with Crippen LogP contribution in [0.25, 0.3) is 11.3 Å². The molecule has 1 atom stereocenters. The van der Waals surface area contributed by atoms with Crippen molar-refractivity contribution in [2.75, 3.05) is 7.05 Å².